The summed E-state index contributed by atoms with van der Waals surface area (Å²) in [5.41, 5.74) is 2.58. The van der Waals surface area contributed by atoms with Crippen LogP contribution in [0, 0.1) is 0 Å². The largest absolute Gasteiger partial charge is 0.491 e. The number of nitrogens with zero attached hydrogens (tertiary/aromatic N) is 1. The summed E-state index contributed by atoms with van der Waals surface area (Å²) in [5, 5.41) is 0. The lowest BCUT2D eigenvalue weighted by Gasteiger charge is -2.24. The number of nitrogen functional groups attached to an aromatic ring is 1. The monoisotopic (exact) mass is 265 g/mol. The van der Waals surface area contributed by atoms with Crippen molar-refractivity contribution in [3.8, 4) is 5.75 Å². The SMILES string of the molecule is CCN(CCOc1ccccc1C(=O)NN)C(C)C. The van der Waals surface area contributed by atoms with Gasteiger partial charge in [0.1, 0.15) is 12.4 Å². The minimum absolute atomic E-state index is 0.341. The molecule has 0 aliphatic heterocycles. The van der Waals surface area contributed by atoms with E-state index in [0.717, 1.165) is 13.1 Å². The standard InChI is InChI=1S/C14H23N3O2/c1-4-17(11(2)3)9-10-19-13-8-6-5-7-12(13)14(18)16-15/h5-8,11H,4,9-10,15H2,1-3H3,(H,16,18). The molecule has 1 amide bonds. The maximum absolute atomic E-state index is 11.6. The summed E-state index contributed by atoms with van der Waals surface area (Å²) in [5.74, 6) is 5.37. The molecule has 0 unspecified atom stereocenters. The van der Waals surface area contributed by atoms with E-state index in [-0.39, 0.29) is 5.91 Å². The second-order valence-corrected chi connectivity index (χ2v) is 4.54. The van der Waals surface area contributed by atoms with Gasteiger partial charge in [-0.05, 0) is 32.5 Å². The van der Waals surface area contributed by atoms with E-state index in [9.17, 15) is 4.79 Å². The van der Waals surface area contributed by atoms with Crippen LogP contribution in [0.4, 0.5) is 0 Å². The van der Waals surface area contributed by atoms with Crippen LogP contribution >= 0.6 is 0 Å². The number of rotatable bonds is 7. The molecule has 0 radical (unpaired) electrons. The van der Waals surface area contributed by atoms with Crippen LogP contribution in [-0.4, -0.2) is 36.5 Å². The molecule has 0 bridgehead atoms. The van der Waals surface area contributed by atoms with Crippen LogP contribution in [0.5, 0.6) is 5.75 Å². The maximum atomic E-state index is 11.6. The number of nitrogens with two attached hydrogens (primary N) is 1. The Hall–Kier alpha value is -1.59. The van der Waals surface area contributed by atoms with Crippen LogP contribution in [0.25, 0.3) is 0 Å². The number of hydrogen-bond donors (Lipinski definition) is 2. The van der Waals surface area contributed by atoms with E-state index in [0.29, 0.717) is 24.0 Å². The normalized spacial score (nSPS) is 10.8. The van der Waals surface area contributed by atoms with Gasteiger partial charge in [0.2, 0.25) is 0 Å². The van der Waals surface area contributed by atoms with Crippen LogP contribution < -0.4 is 16.0 Å². The molecule has 0 aromatic heterocycles. The average Bonchev–Trinajstić information content (AvgIpc) is 2.42. The number of hydrazine groups is 1. The van der Waals surface area contributed by atoms with Gasteiger partial charge in [0.25, 0.3) is 5.91 Å². The molecule has 0 aliphatic rings. The Bertz CT molecular complexity index is 407. The average molecular weight is 265 g/mol. The number of likely N-dealkylation sites (N-methyl/N-ethyl adjacent to an activating group) is 1. The van der Waals surface area contributed by atoms with Crippen molar-refractivity contribution in [1.82, 2.24) is 10.3 Å². The zero-order chi connectivity index (χ0) is 14.3. The Morgan fingerprint density at radius 3 is 2.68 bits per heavy atom. The van der Waals surface area contributed by atoms with Crippen molar-refractivity contribution < 1.29 is 9.53 Å². The third kappa shape index (κ3) is 4.54. The summed E-state index contributed by atoms with van der Waals surface area (Å²) < 4.78 is 5.68. The second kappa shape index (κ2) is 7.76. The van der Waals surface area contributed by atoms with Gasteiger partial charge >= 0.3 is 0 Å². The van der Waals surface area contributed by atoms with E-state index in [2.05, 4.69) is 31.1 Å². The van der Waals surface area contributed by atoms with Crippen LogP contribution in [0.1, 0.15) is 31.1 Å². The predicted octanol–water partition coefficient (Wildman–Crippen LogP) is 1.40. The quantitative estimate of drug-likeness (QED) is 0.444. The van der Waals surface area contributed by atoms with E-state index in [4.69, 9.17) is 10.6 Å². The molecule has 3 N–H and O–H groups in total. The number of amides is 1. The topological polar surface area (TPSA) is 67.6 Å². The first-order valence-electron chi connectivity index (χ1n) is 6.57. The van der Waals surface area contributed by atoms with Crippen molar-refractivity contribution in [2.75, 3.05) is 19.7 Å². The summed E-state index contributed by atoms with van der Waals surface area (Å²) in [7, 11) is 0. The van der Waals surface area contributed by atoms with Crippen molar-refractivity contribution in [2.24, 2.45) is 5.84 Å². The molecular weight excluding hydrogens is 242 g/mol. The fourth-order valence-corrected chi connectivity index (χ4v) is 1.91. The first-order valence-corrected chi connectivity index (χ1v) is 6.57. The van der Waals surface area contributed by atoms with Crippen molar-refractivity contribution in [2.45, 2.75) is 26.8 Å². The highest BCUT2D eigenvalue weighted by Gasteiger charge is 2.11. The molecule has 1 rings (SSSR count). The molecule has 0 spiro atoms. The molecule has 0 heterocycles. The van der Waals surface area contributed by atoms with Crippen molar-refractivity contribution in [3.05, 3.63) is 29.8 Å². The van der Waals surface area contributed by atoms with Gasteiger partial charge in [-0.2, -0.15) is 0 Å². The molecule has 0 saturated heterocycles. The summed E-state index contributed by atoms with van der Waals surface area (Å²) in [4.78, 5) is 13.9. The van der Waals surface area contributed by atoms with Gasteiger partial charge in [-0.15, -0.1) is 0 Å². The molecule has 5 nitrogen and oxygen atoms in total. The third-order valence-corrected chi connectivity index (χ3v) is 3.04. The Kier molecular flexibility index (Phi) is 6.32. The molecular formula is C14H23N3O2. The number of hydrogen-bond acceptors (Lipinski definition) is 4. The van der Waals surface area contributed by atoms with Gasteiger partial charge in [-0.1, -0.05) is 19.1 Å². The Morgan fingerprint density at radius 2 is 2.11 bits per heavy atom. The molecule has 0 saturated carbocycles. The number of benzene rings is 1. The highest BCUT2D eigenvalue weighted by molar-refractivity contribution is 5.96. The molecule has 0 fully saturated rings. The van der Waals surface area contributed by atoms with E-state index >= 15 is 0 Å². The molecule has 106 valence electrons. The molecule has 5 heteroatoms. The van der Waals surface area contributed by atoms with E-state index < -0.39 is 0 Å². The highest BCUT2D eigenvalue weighted by atomic mass is 16.5. The second-order valence-electron chi connectivity index (χ2n) is 4.54. The van der Waals surface area contributed by atoms with Gasteiger partial charge in [0, 0.05) is 12.6 Å². The van der Waals surface area contributed by atoms with Crippen LogP contribution in [0.2, 0.25) is 0 Å². The lowest BCUT2D eigenvalue weighted by molar-refractivity contribution is 0.0948. The lowest BCUT2D eigenvalue weighted by atomic mass is 10.2. The summed E-state index contributed by atoms with van der Waals surface area (Å²) in [6.07, 6.45) is 0. The van der Waals surface area contributed by atoms with E-state index in [1.807, 2.05) is 6.07 Å². The minimum atomic E-state index is -0.341. The third-order valence-electron chi connectivity index (χ3n) is 3.04. The molecule has 1 aromatic rings. The number of nitrogens with one attached hydrogen (secondary N) is 1. The maximum Gasteiger partial charge on any atom is 0.268 e. The van der Waals surface area contributed by atoms with E-state index in [1.54, 1.807) is 18.2 Å². The van der Waals surface area contributed by atoms with Crippen LogP contribution in [0.15, 0.2) is 24.3 Å². The van der Waals surface area contributed by atoms with E-state index in [1.165, 1.54) is 0 Å². The van der Waals surface area contributed by atoms with Crippen LogP contribution in [0.3, 0.4) is 0 Å². The Balaban J connectivity index is 2.60. The van der Waals surface area contributed by atoms with Gasteiger partial charge < -0.3 is 4.74 Å². The number of ether oxygens (including phenoxy) is 1. The summed E-state index contributed by atoms with van der Waals surface area (Å²) in [6, 6.07) is 7.57. The zero-order valence-corrected chi connectivity index (χ0v) is 11.8. The smallest absolute Gasteiger partial charge is 0.268 e. The fourth-order valence-electron chi connectivity index (χ4n) is 1.91. The molecule has 1 aromatic carbocycles. The first kappa shape index (κ1) is 15.5. The molecule has 19 heavy (non-hydrogen) atoms. The predicted molar refractivity (Wildman–Crippen MR) is 76.0 cm³/mol. The van der Waals surface area contributed by atoms with Gasteiger partial charge in [-0.25, -0.2) is 5.84 Å². The van der Waals surface area contributed by atoms with Gasteiger partial charge in [-0.3, -0.25) is 15.1 Å². The zero-order valence-electron chi connectivity index (χ0n) is 11.8. The van der Waals surface area contributed by atoms with Crippen molar-refractivity contribution >= 4 is 5.91 Å². The van der Waals surface area contributed by atoms with Gasteiger partial charge in [0.05, 0.1) is 5.56 Å². The lowest BCUT2D eigenvalue weighted by Crippen LogP contribution is -2.34. The first-order chi connectivity index (χ1) is 9.10. The Labute approximate surface area is 114 Å². The van der Waals surface area contributed by atoms with Crippen molar-refractivity contribution in [3.63, 3.8) is 0 Å². The summed E-state index contributed by atoms with van der Waals surface area (Å²) in [6.45, 7) is 8.77. The number of carbonyl (C=O) groups is 1. The van der Waals surface area contributed by atoms with Gasteiger partial charge in [0.15, 0.2) is 0 Å². The number of para-hydroxylation sites is 1. The molecule has 0 atom stereocenters. The van der Waals surface area contributed by atoms with Crippen molar-refractivity contribution in [1.29, 1.82) is 0 Å². The highest BCUT2D eigenvalue weighted by Crippen LogP contribution is 2.17. The van der Waals surface area contributed by atoms with Crippen LogP contribution in [-0.2, 0) is 0 Å². The minimum Gasteiger partial charge on any atom is -0.491 e. The summed E-state index contributed by atoms with van der Waals surface area (Å²) >= 11 is 0. The number of carbonyl (C=O) groups excluding carboxylic acids is 1. The molecule has 0 aliphatic carbocycles. The Morgan fingerprint density at radius 1 is 1.42 bits per heavy atom. The fraction of sp³-hybridized carbons (Fsp3) is 0.500.